The zero-order valence-electron chi connectivity index (χ0n) is 8.29. The summed E-state index contributed by atoms with van der Waals surface area (Å²) >= 11 is 4.15. The van der Waals surface area contributed by atoms with E-state index in [0.29, 0.717) is 6.04 Å². The molecule has 3 N–H and O–H groups in total. The van der Waals surface area contributed by atoms with Gasteiger partial charge in [-0.3, -0.25) is 11.3 Å². The number of nitrogens with one attached hydrogen (secondary N) is 1. The van der Waals surface area contributed by atoms with E-state index in [1.807, 2.05) is 0 Å². The Morgan fingerprint density at radius 3 is 2.92 bits per heavy atom. The van der Waals surface area contributed by atoms with Crippen LogP contribution in [0.25, 0.3) is 0 Å². The first-order valence-corrected chi connectivity index (χ1v) is 7.24. The van der Waals surface area contributed by atoms with Gasteiger partial charge in [0.05, 0.1) is 0 Å². The molecule has 1 saturated heterocycles. The molecule has 1 rings (SSSR count). The first-order chi connectivity index (χ1) is 6.38. The van der Waals surface area contributed by atoms with Crippen LogP contribution >= 0.6 is 23.5 Å². The molecule has 0 radical (unpaired) electrons. The summed E-state index contributed by atoms with van der Waals surface area (Å²) in [5.74, 6) is 9.44. The number of thioether (sulfide) groups is 2. The smallest absolute Gasteiger partial charge is 0.0337 e. The third-order valence-electron chi connectivity index (χ3n) is 2.37. The maximum Gasteiger partial charge on any atom is 0.0337 e. The number of hydrazine groups is 1. The molecule has 2 atom stereocenters. The van der Waals surface area contributed by atoms with Crippen molar-refractivity contribution in [1.82, 2.24) is 5.43 Å². The second-order valence-corrected chi connectivity index (χ2v) is 5.90. The van der Waals surface area contributed by atoms with Gasteiger partial charge in [-0.25, -0.2) is 0 Å². The Morgan fingerprint density at radius 2 is 2.38 bits per heavy atom. The topological polar surface area (TPSA) is 38.0 Å². The van der Waals surface area contributed by atoms with E-state index in [0.717, 1.165) is 5.25 Å². The van der Waals surface area contributed by atoms with Crippen molar-refractivity contribution in [2.45, 2.75) is 37.5 Å². The quantitative estimate of drug-likeness (QED) is 0.548. The first-order valence-electron chi connectivity index (χ1n) is 5.04. The average Bonchev–Trinajstić information content (AvgIpc) is 2.21. The van der Waals surface area contributed by atoms with E-state index in [2.05, 4.69) is 35.9 Å². The van der Waals surface area contributed by atoms with Gasteiger partial charge in [-0.1, -0.05) is 19.8 Å². The molecule has 1 heterocycles. The first kappa shape index (κ1) is 11.7. The van der Waals surface area contributed by atoms with Crippen LogP contribution in [0, 0.1) is 0 Å². The van der Waals surface area contributed by atoms with E-state index in [9.17, 15) is 0 Å². The van der Waals surface area contributed by atoms with Crippen LogP contribution in [0.1, 0.15) is 26.2 Å². The minimum absolute atomic E-state index is 0.526. The van der Waals surface area contributed by atoms with E-state index in [1.54, 1.807) is 0 Å². The van der Waals surface area contributed by atoms with Crippen molar-refractivity contribution in [3.05, 3.63) is 0 Å². The van der Waals surface area contributed by atoms with Gasteiger partial charge in [0.25, 0.3) is 0 Å². The highest BCUT2D eigenvalue weighted by Gasteiger charge is 2.22. The Bertz CT molecular complexity index is 127. The molecule has 1 aliphatic heterocycles. The van der Waals surface area contributed by atoms with Crippen LogP contribution in [0.15, 0.2) is 0 Å². The minimum atomic E-state index is 0.526. The molecule has 0 spiro atoms. The zero-order valence-corrected chi connectivity index (χ0v) is 9.92. The highest BCUT2D eigenvalue weighted by Crippen LogP contribution is 2.27. The summed E-state index contributed by atoms with van der Waals surface area (Å²) in [5, 5.41) is 0.732. The number of hydrogen-bond acceptors (Lipinski definition) is 4. The molecule has 78 valence electrons. The Morgan fingerprint density at radius 1 is 1.54 bits per heavy atom. The third-order valence-corrected chi connectivity index (χ3v) is 5.29. The standard InChI is InChI=1S/C9H20N2S2/c1-2-3-4-8(11-10)9-7-12-5-6-13-9/h8-9,11H,2-7,10H2,1H3. The second kappa shape index (κ2) is 6.98. The van der Waals surface area contributed by atoms with Gasteiger partial charge in [0.1, 0.15) is 0 Å². The van der Waals surface area contributed by atoms with E-state index in [1.165, 1.54) is 36.5 Å². The molecule has 4 heteroatoms. The van der Waals surface area contributed by atoms with E-state index in [4.69, 9.17) is 5.84 Å². The zero-order chi connectivity index (χ0) is 9.52. The van der Waals surface area contributed by atoms with Crippen LogP contribution in [0.2, 0.25) is 0 Å². The highest BCUT2D eigenvalue weighted by atomic mass is 32.2. The fraction of sp³-hybridized carbons (Fsp3) is 1.00. The fourth-order valence-electron chi connectivity index (χ4n) is 1.54. The molecule has 0 bridgehead atoms. The highest BCUT2D eigenvalue weighted by molar-refractivity contribution is 8.06. The van der Waals surface area contributed by atoms with E-state index >= 15 is 0 Å². The Balaban J connectivity index is 2.26. The van der Waals surface area contributed by atoms with Crippen molar-refractivity contribution in [2.24, 2.45) is 5.84 Å². The molecule has 2 unspecified atom stereocenters. The van der Waals surface area contributed by atoms with Crippen molar-refractivity contribution in [1.29, 1.82) is 0 Å². The molecule has 2 nitrogen and oxygen atoms in total. The number of unbranched alkanes of at least 4 members (excludes halogenated alkanes) is 1. The lowest BCUT2D eigenvalue weighted by Crippen LogP contribution is -2.44. The van der Waals surface area contributed by atoms with Crippen molar-refractivity contribution in [2.75, 3.05) is 17.3 Å². The SMILES string of the molecule is CCCCC(NN)C1CSCCS1. The lowest BCUT2D eigenvalue weighted by Gasteiger charge is -2.28. The maximum atomic E-state index is 5.57. The Kier molecular flexibility index (Phi) is 6.28. The summed E-state index contributed by atoms with van der Waals surface area (Å²) in [6.07, 6.45) is 3.78. The summed E-state index contributed by atoms with van der Waals surface area (Å²) in [4.78, 5) is 0. The van der Waals surface area contributed by atoms with Gasteiger partial charge >= 0.3 is 0 Å². The molecule has 0 amide bonds. The summed E-state index contributed by atoms with van der Waals surface area (Å²) in [6, 6.07) is 0.526. The van der Waals surface area contributed by atoms with Crippen LogP contribution in [-0.4, -0.2) is 28.6 Å². The molecule has 1 fully saturated rings. The summed E-state index contributed by atoms with van der Waals surface area (Å²) in [7, 11) is 0. The van der Waals surface area contributed by atoms with Crippen LogP contribution < -0.4 is 11.3 Å². The number of rotatable bonds is 5. The Hall–Kier alpha value is 0.620. The average molecular weight is 220 g/mol. The van der Waals surface area contributed by atoms with Gasteiger partial charge in [-0.15, -0.1) is 0 Å². The summed E-state index contributed by atoms with van der Waals surface area (Å²) in [6.45, 7) is 2.23. The molecular formula is C9H20N2S2. The molecule has 0 aliphatic carbocycles. The molecule has 1 aliphatic rings. The lowest BCUT2D eigenvalue weighted by molar-refractivity contribution is 0.475. The van der Waals surface area contributed by atoms with E-state index in [-0.39, 0.29) is 0 Å². The minimum Gasteiger partial charge on any atom is -0.271 e. The molecule has 0 saturated carbocycles. The largest absolute Gasteiger partial charge is 0.271 e. The Labute approximate surface area is 89.8 Å². The van der Waals surface area contributed by atoms with Crippen LogP contribution in [0.5, 0.6) is 0 Å². The molecular weight excluding hydrogens is 200 g/mol. The van der Waals surface area contributed by atoms with Gasteiger partial charge < -0.3 is 0 Å². The van der Waals surface area contributed by atoms with Gasteiger partial charge in [0.2, 0.25) is 0 Å². The predicted molar refractivity (Wildman–Crippen MR) is 64.2 cm³/mol. The lowest BCUT2D eigenvalue weighted by atomic mass is 10.1. The van der Waals surface area contributed by atoms with Crippen molar-refractivity contribution in [3.8, 4) is 0 Å². The van der Waals surface area contributed by atoms with Crippen LogP contribution in [0.3, 0.4) is 0 Å². The van der Waals surface area contributed by atoms with Crippen LogP contribution in [-0.2, 0) is 0 Å². The van der Waals surface area contributed by atoms with Gasteiger partial charge in [0.15, 0.2) is 0 Å². The molecule has 0 aromatic carbocycles. The summed E-state index contributed by atoms with van der Waals surface area (Å²) in [5.41, 5.74) is 2.97. The normalized spacial score (nSPS) is 25.8. The predicted octanol–water partition coefficient (Wildman–Crippen LogP) is 1.86. The summed E-state index contributed by atoms with van der Waals surface area (Å²) < 4.78 is 0. The van der Waals surface area contributed by atoms with Gasteiger partial charge in [0, 0.05) is 28.6 Å². The number of nitrogens with two attached hydrogens (primary N) is 1. The van der Waals surface area contributed by atoms with Crippen LogP contribution in [0.4, 0.5) is 0 Å². The molecule has 0 aromatic rings. The van der Waals surface area contributed by atoms with Crippen molar-refractivity contribution < 1.29 is 0 Å². The number of hydrogen-bond donors (Lipinski definition) is 2. The van der Waals surface area contributed by atoms with Crippen molar-refractivity contribution in [3.63, 3.8) is 0 Å². The van der Waals surface area contributed by atoms with Gasteiger partial charge in [-0.05, 0) is 6.42 Å². The molecule has 0 aromatic heterocycles. The second-order valence-electron chi connectivity index (χ2n) is 3.40. The fourth-order valence-corrected chi connectivity index (χ4v) is 4.45. The van der Waals surface area contributed by atoms with Crippen molar-refractivity contribution >= 4 is 23.5 Å². The maximum absolute atomic E-state index is 5.57. The monoisotopic (exact) mass is 220 g/mol. The molecule has 13 heavy (non-hydrogen) atoms. The van der Waals surface area contributed by atoms with Gasteiger partial charge in [-0.2, -0.15) is 23.5 Å². The third kappa shape index (κ3) is 4.11. The van der Waals surface area contributed by atoms with E-state index < -0.39 is 0 Å².